The second-order valence-corrected chi connectivity index (χ2v) is 13.5. The van der Waals surface area contributed by atoms with Crippen LogP contribution in [-0.4, -0.2) is 0 Å². The van der Waals surface area contributed by atoms with Crippen molar-refractivity contribution in [2.75, 3.05) is 0 Å². The predicted octanol–water partition coefficient (Wildman–Crippen LogP) is 11.3. The van der Waals surface area contributed by atoms with Crippen LogP contribution in [0.15, 0.2) is 72.8 Å². The van der Waals surface area contributed by atoms with E-state index in [2.05, 4.69) is 84.9 Å². The molecule has 0 aliphatic heterocycles. The minimum atomic E-state index is -1.71. The van der Waals surface area contributed by atoms with E-state index in [4.69, 9.17) is 13.6 Å². The summed E-state index contributed by atoms with van der Waals surface area (Å²) >= 11 is 0. The van der Waals surface area contributed by atoms with E-state index in [1.54, 1.807) is 0 Å². The van der Waals surface area contributed by atoms with Gasteiger partial charge < -0.3 is 13.6 Å². The third-order valence-electron chi connectivity index (χ3n) is 7.00. The van der Waals surface area contributed by atoms with Gasteiger partial charge in [-0.2, -0.15) is 0 Å². The Morgan fingerprint density at radius 3 is 1.49 bits per heavy atom. The molecule has 0 aliphatic rings. The fraction of sp³-hybridized carbons (Fsp3) is 0.486. The summed E-state index contributed by atoms with van der Waals surface area (Å²) in [5.74, 6) is 2.32. The quantitative estimate of drug-likeness (QED) is 0.148. The van der Waals surface area contributed by atoms with E-state index in [0.29, 0.717) is 0 Å². The molecule has 0 amide bonds. The summed E-state index contributed by atoms with van der Waals surface area (Å²) in [6.07, 6.45) is 10.0. The van der Waals surface area contributed by atoms with Crippen molar-refractivity contribution in [3.8, 4) is 17.2 Å². The van der Waals surface area contributed by atoms with Crippen molar-refractivity contribution in [3.05, 3.63) is 89.5 Å². The van der Waals surface area contributed by atoms with Crippen LogP contribution in [0.4, 0.5) is 0 Å². The molecule has 0 bridgehead atoms. The van der Waals surface area contributed by atoms with Crippen LogP contribution in [0.2, 0.25) is 0 Å². The largest absolute Gasteiger partial charge is 0.530 e. The first-order chi connectivity index (χ1) is 18.6. The van der Waals surface area contributed by atoms with Crippen molar-refractivity contribution < 1.29 is 13.6 Å². The van der Waals surface area contributed by atoms with Gasteiger partial charge in [-0.05, 0) is 70.7 Å². The van der Waals surface area contributed by atoms with Gasteiger partial charge in [0.15, 0.2) is 0 Å². The molecule has 4 heteroatoms. The zero-order valence-electron chi connectivity index (χ0n) is 25.3. The van der Waals surface area contributed by atoms with Gasteiger partial charge in [0.2, 0.25) is 0 Å². The van der Waals surface area contributed by atoms with Gasteiger partial charge in [0.1, 0.15) is 17.2 Å². The van der Waals surface area contributed by atoms with Gasteiger partial charge in [-0.3, -0.25) is 0 Å². The van der Waals surface area contributed by atoms with E-state index < -0.39 is 8.60 Å². The number of aryl methyl sites for hydroxylation is 1. The normalized spacial score (nSPS) is 12.0. The Bertz CT molecular complexity index is 1050. The Labute approximate surface area is 239 Å². The number of unbranched alkanes of at least 4 members (excludes halogenated alkanes) is 6. The van der Waals surface area contributed by atoms with Crippen molar-refractivity contribution in [2.24, 2.45) is 0 Å². The molecule has 0 saturated heterocycles. The van der Waals surface area contributed by atoms with Crippen LogP contribution in [0, 0.1) is 0 Å². The number of rotatable bonds is 14. The molecule has 3 nitrogen and oxygen atoms in total. The molecular formula is C35H49O3P. The molecule has 0 aliphatic carbocycles. The summed E-state index contributed by atoms with van der Waals surface area (Å²) in [7, 11) is -1.71. The lowest BCUT2D eigenvalue weighted by atomic mass is 9.87. The van der Waals surface area contributed by atoms with Gasteiger partial charge >= 0.3 is 8.60 Å². The Hall–Kier alpha value is -2.51. The van der Waals surface area contributed by atoms with E-state index in [1.807, 2.05) is 36.4 Å². The molecule has 0 N–H and O–H groups in total. The van der Waals surface area contributed by atoms with Crippen molar-refractivity contribution in [1.82, 2.24) is 0 Å². The molecule has 0 radical (unpaired) electrons. The third-order valence-corrected chi connectivity index (χ3v) is 8.06. The summed E-state index contributed by atoms with van der Waals surface area (Å²) in [6.45, 7) is 15.5. The van der Waals surface area contributed by atoms with E-state index in [0.717, 1.165) is 30.1 Å². The molecule has 0 aromatic heterocycles. The molecule has 212 valence electrons. The van der Waals surface area contributed by atoms with Crippen molar-refractivity contribution in [3.63, 3.8) is 0 Å². The van der Waals surface area contributed by atoms with E-state index >= 15 is 0 Å². The van der Waals surface area contributed by atoms with Crippen LogP contribution in [0.25, 0.3) is 0 Å². The minimum Gasteiger partial charge on any atom is -0.409 e. The maximum atomic E-state index is 6.48. The fourth-order valence-electron chi connectivity index (χ4n) is 4.41. The second-order valence-electron chi connectivity index (χ2n) is 12.5. The van der Waals surface area contributed by atoms with Gasteiger partial charge in [-0.1, -0.05) is 129 Å². The molecule has 3 aromatic rings. The molecular weight excluding hydrogens is 499 g/mol. The Balaban J connectivity index is 1.74. The molecule has 0 saturated carbocycles. The predicted molar refractivity (Wildman–Crippen MR) is 167 cm³/mol. The monoisotopic (exact) mass is 548 g/mol. The van der Waals surface area contributed by atoms with Crippen LogP contribution in [-0.2, 0) is 17.3 Å². The maximum absolute atomic E-state index is 6.48. The minimum absolute atomic E-state index is 0.0833. The Morgan fingerprint density at radius 1 is 0.538 bits per heavy atom. The van der Waals surface area contributed by atoms with Crippen molar-refractivity contribution in [1.29, 1.82) is 0 Å². The Kier molecular flexibility index (Phi) is 11.7. The summed E-state index contributed by atoms with van der Waals surface area (Å²) in [4.78, 5) is 0. The smallest absolute Gasteiger partial charge is 0.409 e. The lowest BCUT2D eigenvalue weighted by molar-refractivity contribution is 0.386. The molecule has 0 atom stereocenters. The highest BCUT2D eigenvalue weighted by Gasteiger charge is 2.23. The first-order valence-corrected chi connectivity index (χ1v) is 15.8. The first kappa shape index (κ1) is 31.0. The molecule has 0 spiro atoms. The van der Waals surface area contributed by atoms with Gasteiger partial charge in [0.25, 0.3) is 0 Å². The highest BCUT2D eigenvalue weighted by atomic mass is 31.2. The zero-order chi connectivity index (χ0) is 28.3. The molecule has 0 fully saturated rings. The first-order valence-electron chi connectivity index (χ1n) is 14.7. The average Bonchev–Trinajstić information content (AvgIpc) is 2.88. The van der Waals surface area contributed by atoms with Gasteiger partial charge in [0.05, 0.1) is 0 Å². The average molecular weight is 549 g/mol. The lowest BCUT2D eigenvalue weighted by Crippen LogP contribution is -2.11. The third kappa shape index (κ3) is 10.5. The SMILES string of the molecule is CCCCCCCCCc1ccccc1OP(Oc1ccc(C(C)(C)C)cc1)Oc1ccc(C(C)(C)C)cc1. The standard InChI is InChI=1S/C35H49O3P/c1-8-9-10-11-12-13-14-17-28-18-15-16-19-33(28)38-39(36-31-24-20-29(21-25-31)34(2,3)4)37-32-26-22-30(23-27-32)35(5,6)7/h15-16,18-27H,8-14,17H2,1-7H3. The lowest BCUT2D eigenvalue weighted by Gasteiger charge is -2.22. The summed E-state index contributed by atoms with van der Waals surface area (Å²) < 4.78 is 19.2. The molecule has 39 heavy (non-hydrogen) atoms. The van der Waals surface area contributed by atoms with Crippen LogP contribution in [0.3, 0.4) is 0 Å². The van der Waals surface area contributed by atoms with Crippen molar-refractivity contribution in [2.45, 2.75) is 111 Å². The van der Waals surface area contributed by atoms with Gasteiger partial charge in [0, 0.05) is 0 Å². The van der Waals surface area contributed by atoms with E-state index in [9.17, 15) is 0 Å². The fourth-order valence-corrected chi connectivity index (χ4v) is 5.45. The van der Waals surface area contributed by atoms with Crippen LogP contribution < -0.4 is 13.6 Å². The maximum Gasteiger partial charge on any atom is 0.530 e. The Morgan fingerprint density at radius 2 is 1.00 bits per heavy atom. The topological polar surface area (TPSA) is 27.7 Å². The molecule has 3 rings (SSSR count). The summed E-state index contributed by atoms with van der Waals surface area (Å²) in [5, 5.41) is 0. The van der Waals surface area contributed by atoms with Gasteiger partial charge in [-0.25, -0.2) is 0 Å². The zero-order valence-corrected chi connectivity index (χ0v) is 26.2. The summed E-state index contributed by atoms with van der Waals surface area (Å²) in [6, 6.07) is 24.8. The van der Waals surface area contributed by atoms with Gasteiger partial charge in [-0.15, -0.1) is 0 Å². The number of para-hydroxylation sites is 1. The van der Waals surface area contributed by atoms with E-state index in [1.165, 1.54) is 55.2 Å². The van der Waals surface area contributed by atoms with Crippen LogP contribution in [0.1, 0.15) is 110 Å². The number of hydrogen-bond acceptors (Lipinski definition) is 3. The van der Waals surface area contributed by atoms with Crippen LogP contribution in [0.5, 0.6) is 17.2 Å². The van der Waals surface area contributed by atoms with Crippen molar-refractivity contribution >= 4 is 8.60 Å². The highest BCUT2D eigenvalue weighted by Crippen LogP contribution is 2.44. The molecule has 0 unspecified atom stereocenters. The molecule has 3 aromatic carbocycles. The highest BCUT2D eigenvalue weighted by molar-refractivity contribution is 7.43. The molecule has 0 heterocycles. The second kappa shape index (κ2) is 14.8. The number of hydrogen-bond donors (Lipinski definition) is 0. The van der Waals surface area contributed by atoms with Crippen LogP contribution >= 0.6 is 8.60 Å². The number of benzene rings is 3. The summed E-state index contributed by atoms with van der Waals surface area (Å²) in [5.41, 5.74) is 3.90. The van der Waals surface area contributed by atoms with E-state index in [-0.39, 0.29) is 10.8 Å².